The molecule has 0 bridgehead atoms. The van der Waals surface area contributed by atoms with Crippen LogP contribution in [-0.2, 0) is 9.59 Å². The summed E-state index contributed by atoms with van der Waals surface area (Å²) in [6.07, 6.45) is 10.0. The smallest absolute Gasteiger partial charge is 0.306 e. The molecule has 5 heteroatoms. The van der Waals surface area contributed by atoms with Crippen molar-refractivity contribution < 1.29 is 24.9 Å². The molecule has 3 N–H and O–H groups in total. The number of carbonyl (C=O) groups is 2. The molecule has 0 aromatic carbocycles. The maximum Gasteiger partial charge on any atom is 0.306 e. The van der Waals surface area contributed by atoms with Crippen molar-refractivity contribution in [2.24, 2.45) is 29.6 Å². The minimum Gasteiger partial charge on any atom is -0.481 e. The summed E-state index contributed by atoms with van der Waals surface area (Å²) in [5.41, 5.74) is 0. The van der Waals surface area contributed by atoms with Crippen LogP contribution in [0.15, 0.2) is 12.2 Å². The van der Waals surface area contributed by atoms with Crippen molar-refractivity contribution in [1.82, 2.24) is 0 Å². The standard InChI is InChI=1S/C22H36O5/c1-3-4-7-14(2)19(23)11-10-17-16(20(24)13-21(17)25)9-6-5-8-15-12-18(15)22(26)27/h10-11,14-19,21,23,25H,3-9,12-13H2,1-2H3,(H,26,27)/b11-10+/t14-,15-,16-,17-,18-,19-,21-/m1/s1. The van der Waals surface area contributed by atoms with Gasteiger partial charge in [-0.1, -0.05) is 51.7 Å². The van der Waals surface area contributed by atoms with Crippen LogP contribution in [-0.4, -0.2) is 39.3 Å². The molecule has 27 heavy (non-hydrogen) atoms. The molecule has 0 radical (unpaired) electrons. The van der Waals surface area contributed by atoms with Crippen LogP contribution in [0, 0.1) is 29.6 Å². The van der Waals surface area contributed by atoms with Gasteiger partial charge in [-0.2, -0.15) is 0 Å². The van der Waals surface area contributed by atoms with Crippen LogP contribution in [0.1, 0.15) is 71.6 Å². The van der Waals surface area contributed by atoms with Crippen molar-refractivity contribution in [2.75, 3.05) is 0 Å². The van der Waals surface area contributed by atoms with Gasteiger partial charge in [0.15, 0.2) is 0 Å². The van der Waals surface area contributed by atoms with Crippen LogP contribution < -0.4 is 0 Å². The summed E-state index contributed by atoms with van der Waals surface area (Å²) in [5, 5.41) is 29.5. The molecule has 2 fully saturated rings. The minimum atomic E-state index is -0.689. The van der Waals surface area contributed by atoms with Crippen molar-refractivity contribution >= 4 is 11.8 Å². The molecule has 2 saturated carbocycles. The molecule has 7 atom stereocenters. The lowest BCUT2D eigenvalue weighted by Gasteiger charge is -2.19. The quantitative estimate of drug-likeness (QED) is 0.355. The SMILES string of the molecule is CCCC[C@@H](C)[C@H](O)/C=C/[C@H]1[C@H](O)CC(=O)[C@@H]1CCCC[C@@H]1C[C@H]1C(=O)O. The van der Waals surface area contributed by atoms with E-state index in [4.69, 9.17) is 5.11 Å². The van der Waals surface area contributed by atoms with Gasteiger partial charge in [-0.3, -0.25) is 9.59 Å². The Morgan fingerprint density at radius 2 is 1.96 bits per heavy atom. The normalized spacial score (nSPS) is 32.7. The predicted molar refractivity (Wildman–Crippen MR) is 104 cm³/mol. The lowest BCUT2D eigenvalue weighted by molar-refractivity contribution is -0.138. The van der Waals surface area contributed by atoms with Crippen LogP contribution in [0.2, 0.25) is 0 Å². The monoisotopic (exact) mass is 380 g/mol. The molecule has 2 aliphatic carbocycles. The summed E-state index contributed by atoms with van der Waals surface area (Å²) < 4.78 is 0. The summed E-state index contributed by atoms with van der Waals surface area (Å²) in [7, 11) is 0. The molecule has 5 nitrogen and oxygen atoms in total. The van der Waals surface area contributed by atoms with E-state index in [1.54, 1.807) is 6.08 Å². The Balaban J connectivity index is 1.78. The van der Waals surface area contributed by atoms with E-state index in [0.29, 0.717) is 5.92 Å². The van der Waals surface area contributed by atoms with Gasteiger partial charge >= 0.3 is 5.97 Å². The van der Waals surface area contributed by atoms with Gasteiger partial charge in [0.1, 0.15) is 5.78 Å². The van der Waals surface area contributed by atoms with Crippen LogP contribution >= 0.6 is 0 Å². The molecule has 0 unspecified atom stereocenters. The van der Waals surface area contributed by atoms with Gasteiger partial charge in [0.2, 0.25) is 0 Å². The first-order chi connectivity index (χ1) is 12.8. The van der Waals surface area contributed by atoms with Gasteiger partial charge < -0.3 is 15.3 Å². The van der Waals surface area contributed by atoms with E-state index in [9.17, 15) is 19.8 Å². The number of unbranched alkanes of at least 4 members (excludes halogenated alkanes) is 2. The molecule has 0 heterocycles. The number of rotatable bonds is 12. The molecule has 0 amide bonds. The highest BCUT2D eigenvalue weighted by atomic mass is 16.4. The summed E-state index contributed by atoms with van der Waals surface area (Å²) >= 11 is 0. The second-order valence-corrected chi connectivity index (χ2v) is 8.64. The van der Waals surface area contributed by atoms with Gasteiger partial charge in [-0.15, -0.1) is 0 Å². The number of carboxylic acids is 1. The second-order valence-electron chi connectivity index (χ2n) is 8.64. The van der Waals surface area contributed by atoms with E-state index in [2.05, 4.69) is 6.92 Å². The van der Waals surface area contributed by atoms with Crippen LogP contribution in [0.5, 0.6) is 0 Å². The third kappa shape index (κ3) is 6.42. The Bertz CT molecular complexity index is 529. The van der Waals surface area contributed by atoms with Crippen LogP contribution in [0.3, 0.4) is 0 Å². The van der Waals surface area contributed by atoms with Crippen molar-refractivity contribution in [3.63, 3.8) is 0 Å². The summed E-state index contributed by atoms with van der Waals surface area (Å²) in [6, 6.07) is 0. The number of aliphatic hydroxyl groups excluding tert-OH is 2. The lowest BCUT2D eigenvalue weighted by atomic mass is 9.87. The fraction of sp³-hybridized carbons (Fsp3) is 0.818. The molecule has 154 valence electrons. The Morgan fingerprint density at radius 1 is 1.26 bits per heavy atom. The lowest BCUT2D eigenvalue weighted by Crippen LogP contribution is -2.20. The van der Waals surface area contributed by atoms with Crippen molar-refractivity contribution in [3.05, 3.63) is 12.2 Å². The fourth-order valence-corrected chi connectivity index (χ4v) is 4.36. The van der Waals surface area contributed by atoms with Crippen molar-refractivity contribution in [2.45, 2.75) is 83.8 Å². The zero-order valence-electron chi connectivity index (χ0n) is 16.7. The molecule has 0 aromatic rings. The largest absolute Gasteiger partial charge is 0.481 e. The maximum absolute atomic E-state index is 12.3. The van der Waals surface area contributed by atoms with Gasteiger partial charge in [-0.05, 0) is 37.5 Å². The predicted octanol–water partition coefficient (Wildman–Crippen LogP) is 3.58. The average molecular weight is 381 g/mol. The molecule has 2 aliphatic rings. The molecule has 0 saturated heterocycles. The third-order valence-electron chi connectivity index (χ3n) is 6.44. The summed E-state index contributed by atoms with van der Waals surface area (Å²) in [6.45, 7) is 4.16. The summed E-state index contributed by atoms with van der Waals surface area (Å²) in [5.74, 6) is -0.641. The van der Waals surface area contributed by atoms with E-state index in [-0.39, 0.29) is 35.9 Å². The number of aliphatic hydroxyl groups is 2. The Kier molecular flexibility index (Phi) is 8.49. The van der Waals surface area contributed by atoms with E-state index >= 15 is 0 Å². The zero-order chi connectivity index (χ0) is 20.0. The first-order valence-corrected chi connectivity index (χ1v) is 10.6. The Labute approximate surface area is 162 Å². The Morgan fingerprint density at radius 3 is 2.59 bits per heavy atom. The zero-order valence-corrected chi connectivity index (χ0v) is 16.7. The number of hydrogen-bond donors (Lipinski definition) is 3. The fourth-order valence-electron chi connectivity index (χ4n) is 4.36. The van der Waals surface area contributed by atoms with Crippen molar-refractivity contribution in [3.8, 4) is 0 Å². The molecule has 2 rings (SSSR count). The van der Waals surface area contributed by atoms with E-state index in [0.717, 1.165) is 51.4 Å². The molecule has 0 aliphatic heterocycles. The molecular weight excluding hydrogens is 344 g/mol. The number of Topliss-reactive ketones (excluding diaryl/α,β-unsaturated/α-hetero) is 1. The van der Waals surface area contributed by atoms with Crippen LogP contribution in [0.4, 0.5) is 0 Å². The topological polar surface area (TPSA) is 94.8 Å². The number of aliphatic carboxylic acids is 1. The first-order valence-electron chi connectivity index (χ1n) is 10.6. The summed E-state index contributed by atoms with van der Waals surface area (Å²) in [4.78, 5) is 23.1. The highest BCUT2D eigenvalue weighted by Gasteiger charge is 2.43. The minimum absolute atomic E-state index is 0.112. The number of hydrogen-bond acceptors (Lipinski definition) is 4. The molecule has 0 spiro atoms. The highest BCUT2D eigenvalue weighted by Crippen LogP contribution is 2.43. The van der Waals surface area contributed by atoms with Gasteiger partial charge in [0.25, 0.3) is 0 Å². The van der Waals surface area contributed by atoms with Crippen LogP contribution in [0.25, 0.3) is 0 Å². The van der Waals surface area contributed by atoms with E-state index in [1.807, 2.05) is 13.0 Å². The third-order valence-corrected chi connectivity index (χ3v) is 6.44. The highest BCUT2D eigenvalue weighted by molar-refractivity contribution is 5.84. The number of carboxylic acid groups (broad SMARTS) is 1. The molecular formula is C22H36O5. The van der Waals surface area contributed by atoms with E-state index in [1.165, 1.54) is 0 Å². The second kappa shape index (κ2) is 10.4. The van der Waals surface area contributed by atoms with Gasteiger partial charge in [0, 0.05) is 18.3 Å². The molecule has 0 aromatic heterocycles. The van der Waals surface area contributed by atoms with E-state index < -0.39 is 18.2 Å². The number of carbonyl (C=O) groups excluding carboxylic acids is 1. The van der Waals surface area contributed by atoms with Crippen molar-refractivity contribution in [1.29, 1.82) is 0 Å². The number of ketones is 1. The van der Waals surface area contributed by atoms with Gasteiger partial charge in [0.05, 0.1) is 18.1 Å². The average Bonchev–Trinajstić information content (AvgIpc) is 3.35. The Hall–Kier alpha value is -1.20. The maximum atomic E-state index is 12.3. The van der Waals surface area contributed by atoms with Gasteiger partial charge in [-0.25, -0.2) is 0 Å². The first kappa shape index (κ1) is 22.1.